The van der Waals surface area contributed by atoms with Crippen molar-refractivity contribution in [1.82, 2.24) is 19.4 Å². The number of hydrogen-bond acceptors (Lipinski definition) is 4. The average Bonchev–Trinajstić information content (AvgIpc) is 3.27. The van der Waals surface area contributed by atoms with Crippen LogP contribution in [0.1, 0.15) is 40.2 Å². The molecule has 0 bridgehead atoms. The fourth-order valence-corrected chi connectivity index (χ4v) is 4.69. The normalized spacial score (nSPS) is 17.4. The van der Waals surface area contributed by atoms with Crippen molar-refractivity contribution in [1.29, 1.82) is 0 Å². The summed E-state index contributed by atoms with van der Waals surface area (Å²) < 4.78 is 7.14. The number of fused-ring (bicyclic) bond motifs is 1. The molecule has 4 heterocycles. The Hall–Kier alpha value is -3.39. The summed E-state index contributed by atoms with van der Waals surface area (Å²) in [6.45, 7) is 5.79. The predicted octanol–water partition coefficient (Wildman–Crippen LogP) is 3.53. The maximum absolute atomic E-state index is 13.0. The van der Waals surface area contributed by atoms with E-state index in [9.17, 15) is 9.59 Å². The van der Waals surface area contributed by atoms with E-state index in [1.54, 1.807) is 10.7 Å². The first-order valence-electron chi connectivity index (χ1n) is 11.6. The van der Waals surface area contributed by atoms with Crippen LogP contribution in [0.5, 0.6) is 0 Å². The number of morpholine rings is 1. The molecule has 3 amide bonds. The Kier molecular flexibility index (Phi) is 6.00. The largest absolute Gasteiger partial charge is 0.378 e. The number of carbonyl (C=O) groups excluding carboxylic acids is 2. The number of rotatable bonds is 3. The smallest absolute Gasteiger partial charge is 0.321 e. The summed E-state index contributed by atoms with van der Waals surface area (Å²) in [4.78, 5) is 29.4. The molecule has 1 N–H and O–H groups in total. The van der Waals surface area contributed by atoms with E-state index in [1.165, 1.54) is 5.56 Å². The standard InChI is InChI=1S/C25H29N5O3/c1-18-3-2-4-21(15-18)27-25(32)29-8-5-19(6-9-29)20-7-10-30-23(16-20)22(17-26-30)24(31)28-11-13-33-14-12-28/h2-4,7,10,15-17,19H,5-6,8-9,11-14H2,1H3,(H,27,32). The monoisotopic (exact) mass is 447 g/mol. The lowest BCUT2D eigenvalue weighted by atomic mass is 9.89. The first-order valence-corrected chi connectivity index (χ1v) is 11.6. The molecule has 0 spiro atoms. The number of aryl methyl sites for hydroxylation is 1. The van der Waals surface area contributed by atoms with Crippen molar-refractivity contribution in [2.75, 3.05) is 44.7 Å². The summed E-state index contributed by atoms with van der Waals surface area (Å²) in [6.07, 6.45) is 5.36. The number of benzene rings is 1. The zero-order valence-electron chi connectivity index (χ0n) is 18.9. The van der Waals surface area contributed by atoms with Gasteiger partial charge in [0, 0.05) is 38.1 Å². The Morgan fingerprint density at radius 3 is 2.58 bits per heavy atom. The summed E-state index contributed by atoms with van der Waals surface area (Å²) in [5.41, 5.74) is 4.61. The molecule has 2 aromatic heterocycles. The highest BCUT2D eigenvalue weighted by molar-refractivity contribution is 6.00. The van der Waals surface area contributed by atoms with E-state index in [0.29, 0.717) is 50.9 Å². The Labute approximate surface area is 193 Å². The van der Waals surface area contributed by atoms with Crippen LogP contribution in [0.3, 0.4) is 0 Å². The second kappa shape index (κ2) is 9.23. The Bertz CT molecular complexity index is 1160. The average molecular weight is 448 g/mol. The number of ether oxygens (including phenoxy) is 1. The van der Waals surface area contributed by atoms with E-state index in [1.807, 2.05) is 47.2 Å². The Morgan fingerprint density at radius 2 is 1.82 bits per heavy atom. The fourth-order valence-electron chi connectivity index (χ4n) is 4.69. The van der Waals surface area contributed by atoms with Gasteiger partial charge in [-0.25, -0.2) is 9.31 Å². The number of likely N-dealkylation sites (tertiary alicyclic amines) is 1. The second-order valence-electron chi connectivity index (χ2n) is 8.81. The number of pyridine rings is 1. The van der Waals surface area contributed by atoms with Gasteiger partial charge in [-0.2, -0.15) is 5.10 Å². The number of nitrogens with zero attached hydrogens (tertiary/aromatic N) is 4. The van der Waals surface area contributed by atoms with Crippen molar-refractivity contribution in [2.45, 2.75) is 25.7 Å². The third-order valence-corrected chi connectivity index (χ3v) is 6.60. The molecule has 0 atom stereocenters. The van der Waals surface area contributed by atoms with Gasteiger partial charge in [0.25, 0.3) is 5.91 Å². The van der Waals surface area contributed by atoms with Crippen molar-refractivity contribution in [2.24, 2.45) is 0 Å². The number of aromatic nitrogens is 2. The van der Waals surface area contributed by atoms with E-state index in [2.05, 4.69) is 22.5 Å². The summed E-state index contributed by atoms with van der Waals surface area (Å²) in [5, 5.41) is 7.38. The van der Waals surface area contributed by atoms with Crippen LogP contribution in [0.25, 0.3) is 5.52 Å². The molecule has 0 radical (unpaired) electrons. The fraction of sp³-hybridized carbons (Fsp3) is 0.400. The summed E-state index contributed by atoms with van der Waals surface area (Å²) in [5.74, 6) is 0.354. The van der Waals surface area contributed by atoms with Gasteiger partial charge in [-0.15, -0.1) is 0 Å². The van der Waals surface area contributed by atoms with Gasteiger partial charge in [0.05, 0.1) is 30.5 Å². The summed E-state index contributed by atoms with van der Waals surface area (Å²) >= 11 is 0. The van der Waals surface area contributed by atoms with E-state index >= 15 is 0 Å². The van der Waals surface area contributed by atoms with Crippen molar-refractivity contribution in [3.8, 4) is 0 Å². The quantitative estimate of drug-likeness (QED) is 0.666. The molecule has 8 nitrogen and oxygen atoms in total. The third kappa shape index (κ3) is 4.57. The second-order valence-corrected chi connectivity index (χ2v) is 8.81. The minimum absolute atomic E-state index is 0.00749. The molecule has 0 saturated carbocycles. The molecule has 8 heteroatoms. The third-order valence-electron chi connectivity index (χ3n) is 6.60. The van der Waals surface area contributed by atoms with Crippen LogP contribution in [-0.4, -0.2) is 70.7 Å². The number of nitrogens with one attached hydrogen (secondary N) is 1. The maximum atomic E-state index is 13.0. The van der Waals surface area contributed by atoms with Crippen LogP contribution in [0.2, 0.25) is 0 Å². The number of piperidine rings is 1. The molecule has 2 aliphatic heterocycles. The minimum Gasteiger partial charge on any atom is -0.378 e. The molecule has 0 unspecified atom stereocenters. The van der Waals surface area contributed by atoms with Gasteiger partial charge in [0.15, 0.2) is 0 Å². The topological polar surface area (TPSA) is 79.2 Å². The molecule has 3 aromatic rings. The molecular formula is C25H29N5O3. The molecule has 2 saturated heterocycles. The van der Waals surface area contributed by atoms with Crippen molar-refractivity contribution in [3.63, 3.8) is 0 Å². The van der Waals surface area contributed by atoms with Crippen molar-refractivity contribution >= 4 is 23.1 Å². The van der Waals surface area contributed by atoms with Crippen molar-refractivity contribution in [3.05, 3.63) is 65.5 Å². The molecule has 2 aliphatic rings. The highest BCUT2D eigenvalue weighted by Crippen LogP contribution is 2.30. The highest BCUT2D eigenvalue weighted by atomic mass is 16.5. The molecule has 33 heavy (non-hydrogen) atoms. The van der Waals surface area contributed by atoms with Gasteiger partial charge in [0.2, 0.25) is 0 Å². The van der Waals surface area contributed by atoms with Crippen molar-refractivity contribution < 1.29 is 14.3 Å². The summed E-state index contributed by atoms with van der Waals surface area (Å²) in [6, 6.07) is 12.0. The van der Waals surface area contributed by atoms with Crippen LogP contribution in [-0.2, 0) is 4.74 Å². The zero-order valence-corrected chi connectivity index (χ0v) is 18.9. The molecular weight excluding hydrogens is 418 g/mol. The molecule has 1 aromatic carbocycles. The Balaban J connectivity index is 1.25. The van der Waals surface area contributed by atoms with E-state index in [4.69, 9.17) is 4.74 Å². The van der Waals surface area contributed by atoms with Gasteiger partial charge in [0.1, 0.15) is 0 Å². The first kappa shape index (κ1) is 21.5. The highest BCUT2D eigenvalue weighted by Gasteiger charge is 2.26. The van der Waals surface area contributed by atoms with E-state index in [0.717, 1.165) is 29.6 Å². The van der Waals surface area contributed by atoms with E-state index in [-0.39, 0.29) is 11.9 Å². The number of carbonyl (C=O) groups is 2. The zero-order chi connectivity index (χ0) is 22.8. The Morgan fingerprint density at radius 1 is 1.03 bits per heavy atom. The lowest BCUT2D eigenvalue weighted by molar-refractivity contribution is 0.0304. The number of hydrogen-bond donors (Lipinski definition) is 1. The van der Waals surface area contributed by atoms with Gasteiger partial charge < -0.3 is 19.9 Å². The molecule has 5 rings (SSSR count). The molecule has 0 aliphatic carbocycles. The van der Waals surface area contributed by atoms with E-state index < -0.39 is 0 Å². The molecule has 172 valence electrons. The number of anilines is 1. The SMILES string of the molecule is Cc1cccc(NC(=O)N2CCC(c3ccn4ncc(C(=O)N5CCOCC5)c4c3)CC2)c1. The summed E-state index contributed by atoms with van der Waals surface area (Å²) in [7, 11) is 0. The van der Waals surface area contributed by atoms with Gasteiger partial charge in [-0.3, -0.25) is 4.79 Å². The maximum Gasteiger partial charge on any atom is 0.321 e. The number of amides is 3. The van der Waals surface area contributed by atoms with Gasteiger partial charge in [-0.05, 0) is 61.1 Å². The van der Waals surface area contributed by atoms with Gasteiger partial charge >= 0.3 is 6.03 Å². The van der Waals surface area contributed by atoms with Crippen LogP contribution in [0.15, 0.2) is 48.8 Å². The molecule has 2 fully saturated rings. The predicted molar refractivity (Wildman–Crippen MR) is 126 cm³/mol. The van der Waals surface area contributed by atoms with Crippen LogP contribution in [0, 0.1) is 6.92 Å². The first-order chi connectivity index (χ1) is 16.1. The number of urea groups is 1. The minimum atomic E-state index is -0.0521. The van der Waals surface area contributed by atoms with Gasteiger partial charge in [-0.1, -0.05) is 12.1 Å². The van der Waals surface area contributed by atoms with Crippen LogP contribution in [0.4, 0.5) is 10.5 Å². The van der Waals surface area contributed by atoms with Crippen LogP contribution < -0.4 is 5.32 Å². The lowest BCUT2D eigenvalue weighted by Gasteiger charge is -2.32. The lowest BCUT2D eigenvalue weighted by Crippen LogP contribution is -2.40. The van der Waals surface area contributed by atoms with Crippen LogP contribution >= 0.6 is 0 Å².